The quantitative estimate of drug-likeness (QED) is 0.553. The van der Waals surface area contributed by atoms with Crippen molar-refractivity contribution in [3.05, 3.63) is 29.8 Å². The van der Waals surface area contributed by atoms with Crippen molar-refractivity contribution < 1.29 is 24.5 Å². The predicted molar refractivity (Wildman–Crippen MR) is 76.6 cm³/mol. The maximum Gasteiger partial charge on any atom is 0.324 e. The SMILES string of the molecule is CC(C)Oc1cccc(/C=N\N(CC(=O)O)CC(=O)O)c1. The summed E-state index contributed by atoms with van der Waals surface area (Å²) in [6, 6.07) is 7.07. The molecule has 0 atom stereocenters. The Balaban J connectivity index is 2.79. The summed E-state index contributed by atoms with van der Waals surface area (Å²) in [5.41, 5.74) is 0.689. The lowest BCUT2D eigenvalue weighted by Gasteiger charge is -2.14. The van der Waals surface area contributed by atoms with Gasteiger partial charge in [-0.1, -0.05) is 12.1 Å². The van der Waals surface area contributed by atoms with Gasteiger partial charge in [0.15, 0.2) is 0 Å². The van der Waals surface area contributed by atoms with Crippen LogP contribution in [-0.2, 0) is 9.59 Å². The Labute approximate surface area is 122 Å². The average molecular weight is 294 g/mol. The number of carboxylic acids is 2. The first-order valence-electron chi connectivity index (χ1n) is 6.36. The van der Waals surface area contributed by atoms with E-state index in [2.05, 4.69) is 5.10 Å². The zero-order valence-electron chi connectivity index (χ0n) is 11.9. The fourth-order valence-electron chi connectivity index (χ4n) is 1.54. The van der Waals surface area contributed by atoms with Gasteiger partial charge < -0.3 is 14.9 Å². The minimum Gasteiger partial charge on any atom is -0.491 e. The van der Waals surface area contributed by atoms with Crippen molar-refractivity contribution in [1.29, 1.82) is 0 Å². The van der Waals surface area contributed by atoms with Crippen molar-refractivity contribution >= 4 is 18.2 Å². The smallest absolute Gasteiger partial charge is 0.324 e. The van der Waals surface area contributed by atoms with Crippen molar-refractivity contribution in [2.45, 2.75) is 20.0 Å². The first-order chi connectivity index (χ1) is 9.86. The molecule has 2 N–H and O–H groups in total. The molecule has 0 heterocycles. The molecule has 0 aliphatic carbocycles. The second kappa shape index (κ2) is 7.88. The highest BCUT2D eigenvalue weighted by atomic mass is 16.5. The number of aliphatic carboxylic acids is 2. The number of ether oxygens (including phenoxy) is 1. The number of hydrazone groups is 1. The van der Waals surface area contributed by atoms with Gasteiger partial charge in [-0.15, -0.1) is 0 Å². The average Bonchev–Trinajstić information content (AvgIpc) is 2.34. The van der Waals surface area contributed by atoms with Gasteiger partial charge >= 0.3 is 11.9 Å². The fourth-order valence-corrected chi connectivity index (χ4v) is 1.54. The highest BCUT2D eigenvalue weighted by Gasteiger charge is 2.10. The molecule has 1 aromatic rings. The summed E-state index contributed by atoms with van der Waals surface area (Å²) in [5, 5.41) is 22.3. The molecular formula is C14H18N2O5. The van der Waals surface area contributed by atoms with Crippen LogP contribution in [0.2, 0.25) is 0 Å². The minimum atomic E-state index is -1.15. The zero-order valence-corrected chi connectivity index (χ0v) is 11.9. The second-order valence-electron chi connectivity index (χ2n) is 4.59. The van der Waals surface area contributed by atoms with E-state index in [-0.39, 0.29) is 6.10 Å². The predicted octanol–water partition coefficient (Wildman–Crippen LogP) is 1.28. The van der Waals surface area contributed by atoms with E-state index >= 15 is 0 Å². The normalized spacial score (nSPS) is 10.8. The van der Waals surface area contributed by atoms with E-state index in [9.17, 15) is 9.59 Å². The number of hydrogen-bond donors (Lipinski definition) is 2. The molecule has 0 bridgehead atoms. The Morgan fingerprint density at radius 3 is 2.43 bits per heavy atom. The standard InChI is InChI=1S/C14H18N2O5/c1-10(2)21-12-5-3-4-11(6-12)7-15-16(8-13(17)18)9-14(19)20/h3-7,10H,8-9H2,1-2H3,(H,17,18)(H,19,20)/b15-7-. The number of carbonyl (C=O) groups is 2. The Kier molecular flexibility index (Phi) is 6.19. The first kappa shape index (κ1) is 16.5. The van der Waals surface area contributed by atoms with E-state index in [1.165, 1.54) is 6.21 Å². The van der Waals surface area contributed by atoms with Gasteiger partial charge in [-0.25, -0.2) is 0 Å². The molecule has 0 saturated carbocycles. The second-order valence-corrected chi connectivity index (χ2v) is 4.59. The Morgan fingerprint density at radius 2 is 1.90 bits per heavy atom. The molecule has 1 aromatic carbocycles. The fraction of sp³-hybridized carbons (Fsp3) is 0.357. The van der Waals surface area contributed by atoms with Crippen LogP contribution in [0.15, 0.2) is 29.4 Å². The molecule has 1 rings (SSSR count). The number of nitrogens with zero attached hydrogens (tertiary/aromatic N) is 2. The lowest BCUT2D eigenvalue weighted by molar-refractivity contribution is -0.141. The van der Waals surface area contributed by atoms with Crippen LogP contribution in [0.4, 0.5) is 0 Å². The molecule has 0 aliphatic heterocycles. The third-order valence-corrected chi connectivity index (χ3v) is 2.24. The summed E-state index contributed by atoms with van der Waals surface area (Å²) < 4.78 is 5.53. The summed E-state index contributed by atoms with van der Waals surface area (Å²) in [5.74, 6) is -1.63. The lowest BCUT2D eigenvalue weighted by Crippen LogP contribution is -2.30. The summed E-state index contributed by atoms with van der Waals surface area (Å²) >= 11 is 0. The molecule has 0 aromatic heterocycles. The largest absolute Gasteiger partial charge is 0.491 e. The van der Waals surface area contributed by atoms with Gasteiger partial charge in [0.25, 0.3) is 0 Å². The molecule has 0 unspecified atom stereocenters. The van der Waals surface area contributed by atoms with Gasteiger partial charge in [0.2, 0.25) is 0 Å². The van der Waals surface area contributed by atoms with Gasteiger partial charge in [-0.2, -0.15) is 5.10 Å². The molecule has 7 heteroatoms. The number of carboxylic acid groups (broad SMARTS) is 2. The van der Waals surface area contributed by atoms with Crippen LogP contribution in [0.25, 0.3) is 0 Å². The van der Waals surface area contributed by atoms with Crippen molar-refractivity contribution in [3.63, 3.8) is 0 Å². The zero-order chi connectivity index (χ0) is 15.8. The van der Waals surface area contributed by atoms with Crippen molar-refractivity contribution in [2.75, 3.05) is 13.1 Å². The summed E-state index contributed by atoms with van der Waals surface area (Å²) in [6.45, 7) is 2.85. The number of benzene rings is 1. The van der Waals surface area contributed by atoms with E-state index in [0.29, 0.717) is 11.3 Å². The number of hydrogen-bond acceptors (Lipinski definition) is 5. The Hall–Kier alpha value is -2.57. The van der Waals surface area contributed by atoms with Gasteiger partial charge in [0, 0.05) is 0 Å². The Morgan fingerprint density at radius 1 is 1.29 bits per heavy atom. The molecule has 0 saturated heterocycles. The summed E-state index contributed by atoms with van der Waals surface area (Å²) in [7, 11) is 0. The van der Waals surface area contributed by atoms with Crippen LogP contribution in [-0.4, -0.2) is 52.6 Å². The van der Waals surface area contributed by atoms with E-state index in [1.807, 2.05) is 13.8 Å². The molecule has 21 heavy (non-hydrogen) atoms. The van der Waals surface area contributed by atoms with E-state index in [0.717, 1.165) is 5.01 Å². The van der Waals surface area contributed by atoms with Crippen molar-refractivity contribution in [2.24, 2.45) is 5.10 Å². The molecule has 7 nitrogen and oxygen atoms in total. The molecular weight excluding hydrogens is 276 g/mol. The maximum atomic E-state index is 10.6. The van der Waals surface area contributed by atoms with Crippen molar-refractivity contribution in [3.8, 4) is 5.75 Å². The van der Waals surface area contributed by atoms with Gasteiger partial charge in [-0.05, 0) is 31.5 Å². The topological polar surface area (TPSA) is 99.4 Å². The molecule has 0 amide bonds. The first-order valence-corrected chi connectivity index (χ1v) is 6.36. The third kappa shape index (κ3) is 6.95. The van der Waals surface area contributed by atoms with E-state index < -0.39 is 25.0 Å². The monoisotopic (exact) mass is 294 g/mol. The highest BCUT2D eigenvalue weighted by molar-refractivity contribution is 5.80. The molecule has 0 fully saturated rings. The summed E-state index contributed by atoms with van der Waals surface area (Å²) in [4.78, 5) is 21.3. The van der Waals surface area contributed by atoms with Gasteiger partial charge in [-0.3, -0.25) is 14.6 Å². The maximum absolute atomic E-state index is 10.6. The summed E-state index contributed by atoms with van der Waals surface area (Å²) in [6.07, 6.45) is 1.44. The molecule has 0 radical (unpaired) electrons. The van der Waals surface area contributed by atoms with E-state index in [4.69, 9.17) is 14.9 Å². The molecule has 114 valence electrons. The lowest BCUT2D eigenvalue weighted by atomic mass is 10.2. The highest BCUT2D eigenvalue weighted by Crippen LogP contribution is 2.13. The van der Waals surface area contributed by atoms with Crippen LogP contribution in [0, 0.1) is 0 Å². The van der Waals surface area contributed by atoms with Crippen LogP contribution in [0.3, 0.4) is 0 Å². The molecule has 0 aliphatic rings. The van der Waals surface area contributed by atoms with Gasteiger partial charge in [0.1, 0.15) is 18.8 Å². The third-order valence-electron chi connectivity index (χ3n) is 2.24. The molecule has 0 spiro atoms. The minimum absolute atomic E-state index is 0.0349. The van der Waals surface area contributed by atoms with Gasteiger partial charge in [0.05, 0.1) is 12.3 Å². The van der Waals surface area contributed by atoms with Crippen LogP contribution < -0.4 is 4.74 Å². The van der Waals surface area contributed by atoms with E-state index in [1.54, 1.807) is 24.3 Å². The number of rotatable bonds is 8. The van der Waals surface area contributed by atoms with Crippen LogP contribution in [0.5, 0.6) is 5.75 Å². The Bertz CT molecular complexity index is 512. The van der Waals surface area contributed by atoms with Crippen molar-refractivity contribution in [1.82, 2.24) is 5.01 Å². The van der Waals surface area contributed by atoms with Crippen LogP contribution >= 0.6 is 0 Å². The van der Waals surface area contributed by atoms with Crippen LogP contribution in [0.1, 0.15) is 19.4 Å².